The van der Waals surface area contributed by atoms with Gasteiger partial charge in [-0.1, -0.05) is 36.4 Å². The van der Waals surface area contributed by atoms with Crippen molar-refractivity contribution >= 4 is 5.97 Å². The molecule has 17 heavy (non-hydrogen) atoms. The van der Waals surface area contributed by atoms with Gasteiger partial charge in [0.15, 0.2) is 0 Å². The van der Waals surface area contributed by atoms with Crippen molar-refractivity contribution in [3.05, 3.63) is 59.7 Å². The molecule has 0 fully saturated rings. The van der Waals surface area contributed by atoms with E-state index < -0.39 is 0 Å². The lowest BCUT2D eigenvalue weighted by Gasteiger charge is -2.06. The third kappa shape index (κ3) is 2.53. The Morgan fingerprint density at radius 1 is 1.00 bits per heavy atom. The summed E-state index contributed by atoms with van der Waals surface area (Å²) in [4.78, 5) is 11.5. The summed E-state index contributed by atoms with van der Waals surface area (Å²) in [5.41, 5.74) is 3.77. The number of hydrogen-bond acceptors (Lipinski definition) is 2. The molecule has 0 aliphatic heterocycles. The first-order chi connectivity index (χ1) is 8.20. The van der Waals surface area contributed by atoms with Crippen molar-refractivity contribution in [2.24, 2.45) is 0 Å². The molecule has 0 aliphatic rings. The normalized spacial score (nSPS) is 10.0. The predicted molar refractivity (Wildman–Crippen MR) is 68.0 cm³/mol. The Morgan fingerprint density at radius 3 is 2.35 bits per heavy atom. The van der Waals surface area contributed by atoms with Crippen LogP contribution in [0.25, 0.3) is 11.1 Å². The van der Waals surface area contributed by atoms with E-state index in [1.807, 2.05) is 49.4 Å². The Kier molecular flexibility index (Phi) is 3.24. The Morgan fingerprint density at radius 2 is 1.71 bits per heavy atom. The van der Waals surface area contributed by atoms with Crippen LogP contribution in [0.5, 0.6) is 0 Å². The average molecular weight is 226 g/mol. The van der Waals surface area contributed by atoms with Crippen molar-refractivity contribution in [2.75, 3.05) is 7.11 Å². The summed E-state index contributed by atoms with van der Waals surface area (Å²) in [7, 11) is 1.40. The smallest absolute Gasteiger partial charge is 0.337 e. The van der Waals surface area contributed by atoms with E-state index in [1.54, 1.807) is 0 Å². The Bertz CT molecular complexity index is 530. The lowest BCUT2D eigenvalue weighted by atomic mass is 10.0. The first-order valence-corrected chi connectivity index (χ1v) is 5.46. The summed E-state index contributed by atoms with van der Waals surface area (Å²) in [6.07, 6.45) is 0. The van der Waals surface area contributed by atoms with Crippen LogP contribution in [-0.4, -0.2) is 13.1 Å². The molecule has 0 spiro atoms. The zero-order valence-electron chi connectivity index (χ0n) is 9.94. The minimum absolute atomic E-state index is 0.300. The summed E-state index contributed by atoms with van der Waals surface area (Å²) < 4.78 is 4.74. The van der Waals surface area contributed by atoms with Gasteiger partial charge < -0.3 is 4.74 Å². The lowest BCUT2D eigenvalue weighted by Crippen LogP contribution is -2.01. The van der Waals surface area contributed by atoms with Gasteiger partial charge in [-0.2, -0.15) is 0 Å². The van der Waals surface area contributed by atoms with Crippen LogP contribution in [0.1, 0.15) is 15.9 Å². The van der Waals surface area contributed by atoms with Crippen LogP contribution < -0.4 is 0 Å². The number of esters is 1. The van der Waals surface area contributed by atoms with Crippen LogP contribution in [0, 0.1) is 6.92 Å². The topological polar surface area (TPSA) is 26.3 Å². The molecule has 0 N–H and O–H groups in total. The van der Waals surface area contributed by atoms with E-state index in [-0.39, 0.29) is 5.97 Å². The summed E-state index contributed by atoms with van der Waals surface area (Å²) >= 11 is 0. The molecule has 0 radical (unpaired) electrons. The maximum Gasteiger partial charge on any atom is 0.337 e. The first-order valence-electron chi connectivity index (χ1n) is 5.46. The van der Waals surface area contributed by atoms with E-state index in [1.165, 1.54) is 7.11 Å². The largest absolute Gasteiger partial charge is 0.465 e. The van der Waals surface area contributed by atoms with Crippen LogP contribution in [0.2, 0.25) is 0 Å². The summed E-state index contributed by atoms with van der Waals surface area (Å²) in [6.45, 7) is 1.97. The molecule has 0 heterocycles. The monoisotopic (exact) mass is 226 g/mol. The Hall–Kier alpha value is -2.09. The SMILES string of the molecule is COC(=O)c1cc(C)cc(-c2ccccc2)c1. The van der Waals surface area contributed by atoms with Crippen LogP contribution in [-0.2, 0) is 4.74 Å². The van der Waals surface area contributed by atoms with Crippen molar-refractivity contribution in [2.45, 2.75) is 6.92 Å². The molecule has 0 atom stereocenters. The van der Waals surface area contributed by atoms with Crippen LogP contribution in [0.4, 0.5) is 0 Å². The predicted octanol–water partition coefficient (Wildman–Crippen LogP) is 3.45. The van der Waals surface area contributed by atoms with Gasteiger partial charge in [-0.15, -0.1) is 0 Å². The number of ether oxygens (including phenoxy) is 1. The molecule has 0 amide bonds. The van der Waals surface area contributed by atoms with Crippen molar-refractivity contribution in [3.63, 3.8) is 0 Å². The molecule has 2 heteroatoms. The van der Waals surface area contributed by atoms with Crippen LogP contribution >= 0.6 is 0 Å². The van der Waals surface area contributed by atoms with Gasteiger partial charge in [-0.25, -0.2) is 4.79 Å². The minimum Gasteiger partial charge on any atom is -0.465 e. The Balaban J connectivity index is 2.49. The fourth-order valence-corrected chi connectivity index (χ4v) is 1.82. The zero-order chi connectivity index (χ0) is 12.3. The number of carbonyl (C=O) groups is 1. The van der Waals surface area contributed by atoms with Gasteiger partial charge in [-0.3, -0.25) is 0 Å². The molecular weight excluding hydrogens is 212 g/mol. The van der Waals surface area contributed by atoms with Gasteiger partial charge in [0.25, 0.3) is 0 Å². The van der Waals surface area contributed by atoms with E-state index in [2.05, 4.69) is 6.07 Å². The maximum absolute atomic E-state index is 11.5. The third-order valence-corrected chi connectivity index (χ3v) is 2.61. The van der Waals surface area contributed by atoms with E-state index in [0.29, 0.717) is 5.56 Å². The fourth-order valence-electron chi connectivity index (χ4n) is 1.82. The first kappa shape index (κ1) is 11.4. The maximum atomic E-state index is 11.5. The second-order valence-corrected chi connectivity index (χ2v) is 3.95. The molecule has 2 aromatic rings. The highest BCUT2D eigenvalue weighted by Crippen LogP contribution is 2.22. The van der Waals surface area contributed by atoms with Crippen LogP contribution in [0.3, 0.4) is 0 Å². The molecule has 0 saturated heterocycles. The lowest BCUT2D eigenvalue weighted by molar-refractivity contribution is 0.0600. The van der Waals surface area contributed by atoms with E-state index in [9.17, 15) is 4.79 Å². The molecule has 0 saturated carbocycles. The number of methoxy groups -OCH3 is 1. The van der Waals surface area contributed by atoms with Crippen molar-refractivity contribution < 1.29 is 9.53 Å². The molecule has 0 bridgehead atoms. The minimum atomic E-state index is -0.300. The molecule has 86 valence electrons. The average Bonchev–Trinajstić information content (AvgIpc) is 2.38. The fraction of sp³-hybridized carbons (Fsp3) is 0.133. The Labute approximate surface area is 101 Å². The van der Waals surface area contributed by atoms with Crippen molar-refractivity contribution in [3.8, 4) is 11.1 Å². The molecule has 2 rings (SSSR count). The number of aryl methyl sites for hydroxylation is 1. The van der Waals surface area contributed by atoms with Gasteiger partial charge in [0.1, 0.15) is 0 Å². The van der Waals surface area contributed by atoms with Gasteiger partial charge in [0, 0.05) is 0 Å². The van der Waals surface area contributed by atoms with Gasteiger partial charge >= 0.3 is 5.97 Å². The standard InChI is InChI=1S/C15H14O2/c1-11-8-13(12-6-4-3-5-7-12)10-14(9-11)15(16)17-2/h3-10H,1-2H3. The highest BCUT2D eigenvalue weighted by Gasteiger charge is 2.08. The van der Waals surface area contributed by atoms with E-state index in [0.717, 1.165) is 16.7 Å². The third-order valence-electron chi connectivity index (χ3n) is 2.61. The molecule has 0 unspecified atom stereocenters. The molecule has 2 nitrogen and oxygen atoms in total. The van der Waals surface area contributed by atoms with Crippen molar-refractivity contribution in [1.82, 2.24) is 0 Å². The second-order valence-electron chi connectivity index (χ2n) is 3.95. The molecule has 0 aromatic heterocycles. The van der Waals surface area contributed by atoms with Gasteiger partial charge in [0.05, 0.1) is 12.7 Å². The molecule has 0 aliphatic carbocycles. The summed E-state index contributed by atoms with van der Waals surface area (Å²) in [5.74, 6) is -0.300. The highest BCUT2D eigenvalue weighted by molar-refractivity contribution is 5.91. The zero-order valence-corrected chi connectivity index (χ0v) is 9.94. The number of benzene rings is 2. The number of rotatable bonds is 2. The number of carbonyl (C=O) groups excluding carboxylic acids is 1. The van der Waals surface area contributed by atoms with Crippen LogP contribution in [0.15, 0.2) is 48.5 Å². The molecular formula is C15H14O2. The van der Waals surface area contributed by atoms with Gasteiger partial charge in [-0.05, 0) is 35.7 Å². The quantitative estimate of drug-likeness (QED) is 0.733. The number of hydrogen-bond donors (Lipinski definition) is 0. The molecule has 2 aromatic carbocycles. The van der Waals surface area contributed by atoms with E-state index in [4.69, 9.17) is 4.74 Å². The second kappa shape index (κ2) is 4.83. The highest BCUT2D eigenvalue weighted by atomic mass is 16.5. The summed E-state index contributed by atoms with van der Waals surface area (Å²) in [6, 6.07) is 15.7. The van der Waals surface area contributed by atoms with E-state index >= 15 is 0 Å². The van der Waals surface area contributed by atoms with Crippen molar-refractivity contribution in [1.29, 1.82) is 0 Å². The summed E-state index contributed by atoms with van der Waals surface area (Å²) in [5, 5.41) is 0. The van der Waals surface area contributed by atoms with Gasteiger partial charge in [0.2, 0.25) is 0 Å².